The third kappa shape index (κ3) is 15.0. The van der Waals surface area contributed by atoms with Gasteiger partial charge in [-0.3, -0.25) is 0 Å². The summed E-state index contributed by atoms with van der Waals surface area (Å²) in [5, 5.41) is 64.0. The number of rotatable bonds is 8. The number of aryl methyl sites for hydroxylation is 4. The fourth-order valence-corrected chi connectivity index (χ4v) is 3.94. The zero-order valence-electron chi connectivity index (χ0n) is 27.8. The summed E-state index contributed by atoms with van der Waals surface area (Å²) in [6.07, 6.45) is 3.17. The van der Waals surface area contributed by atoms with Crippen LogP contribution in [-0.4, -0.2) is 64.7 Å². The Morgan fingerprint density at radius 2 is 0.560 bits per heavy atom. The maximum atomic E-state index is 10.6. The van der Waals surface area contributed by atoms with Crippen molar-refractivity contribution in [2.45, 2.75) is 53.4 Å². The first-order chi connectivity index (χ1) is 22.6. The molecular formula is C36H44Cu2O12+8. The molecule has 0 aromatic heterocycles. The fourth-order valence-electron chi connectivity index (χ4n) is 3.94. The summed E-state index contributed by atoms with van der Waals surface area (Å²) in [4.78, 5) is 42.6. The van der Waals surface area contributed by atoms with Gasteiger partial charge in [-0.2, -0.15) is 0 Å². The van der Waals surface area contributed by atoms with E-state index in [1.54, 1.807) is 48.5 Å². The first-order valence-corrected chi connectivity index (χ1v) is 14.9. The van der Waals surface area contributed by atoms with Crippen LogP contribution in [0.5, 0.6) is 23.0 Å². The number of carbonyl (C=O) groups excluding carboxylic acids is 4. The van der Waals surface area contributed by atoms with Gasteiger partial charge in [0.1, 0.15) is 23.0 Å². The second kappa shape index (κ2) is 23.4. The van der Waals surface area contributed by atoms with Crippen LogP contribution in [0.3, 0.4) is 0 Å². The van der Waals surface area contributed by atoms with Crippen LogP contribution in [-0.2, 0) is 59.8 Å². The van der Waals surface area contributed by atoms with E-state index in [9.17, 15) is 19.2 Å². The first-order valence-electron chi connectivity index (χ1n) is 14.9. The van der Waals surface area contributed by atoms with Crippen LogP contribution in [0.1, 0.15) is 91.4 Å². The predicted molar refractivity (Wildman–Crippen MR) is 182 cm³/mol. The van der Waals surface area contributed by atoms with Gasteiger partial charge in [0.15, 0.2) is 22.3 Å². The van der Waals surface area contributed by atoms with E-state index in [0.29, 0.717) is 0 Å². The molecule has 50 heavy (non-hydrogen) atoms. The molecule has 0 heterocycles. The molecule has 0 aliphatic heterocycles. The van der Waals surface area contributed by atoms with Crippen LogP contribution in [0.4, 0.5) is 0 Å². The van der Waals surface area contributed by atoms with E-state index in [2.05, 4.69) is 0 Å². The van der Waals surface area contributed by atoms with Crippen molar-refractivity contribution in [3.63, 3.8) is 0 Å². The summed E-state index contributed by atoms with van der Waals surface area (Å²) in [5.41, 5.74) is 4.10. The number of hydrogen-bond acceptors (Lipinski definition) is 8. The Labute approximate surface area is 310 Å². The Hall–Kier alpha value is -5.00. The maximum Gasteiger partial charge on any atom is 2.00 e. The van der Waals surface area contributed by atoms with Crippen molar-refractivity contribution in [3.05, 3.63) is 117 Å². The van der Waals surface area contributed by atoms with Gasteiger partial charge in [0.05, 0.1) is 0 Å². The molecule has 0 spiro atoms. The second-order valence-electron chi connectivity index (χ2n) is 10.1. The number of benzene rings is 4. The van der Waals surface area contributed by atoms with Crippen LogP contribution in [0.2, 0.25) is 0 Å². The van der Waals surface area contributed by atoms with Crippen molar-refractivity contribution in [1.82, 2.24) is 0 Å². The Bertz CT molecular complexity index is 1480. The smallest absolute Gasteiger partial charge is 0.561 e. The molecule has 0 saturated carbocycles. The van der Waals surface area contributed by atoms with Crippen molar-refractivity contribution < 1.29 is 94.2 Å². The maximum absolute atomic E-state index is 10.6. The molecule has 0 aliphatic rings. The van der Waals surface area contributed by atoms with Gasteiger partial charge >= 0.3 is 58.0 Å². The van der Waals surface area contributed by atoms with E-state index < -0.39 is 23.9 Å². The summed E-state index contributed by atoms with van der Waals surface area (Å²) in [7, 11) is 0. The van der Waals surface area contributed by atoms with E-state index in [0.717, 1.165) is 47.9 Å². The third-order valence-corrected chi connectivity index (χ3v) is 6.86. The zero-order chi connectivity index (χ0) is 36.6. The average molecular weight is 796 g/mol. The minimum atomic E-state index is -0.845. The fraction of sp³-hybridized carbons (Fsp3) is 0.222. The molecule has 274 valence electrons. The molecule has 4 aromatic carbocycles. The van der Waals surface area contributed by atoms with Gasteiger partial charge < -0.3 is 40.9 Å². The number of phenols is 4. The van der Waals surface area contributed by atoms with Gasteiger partial charge in [-0.1, -0.05) is 52.0 Å². The molecular weight excluding hydrogens is 751 g/mol. The molecule has 0 aliphatic carbocycles. The van der Waals surface area contributed by atoms with E-state index >= 15 is 0 Å². The molecule has 12 nitrogen and oxygen atoms in total. The zero-order valence-corrected chi connectivity index (χ0v) is 29.7. The Balaban J connectivity index is 0. The number of carbonyl (C=O) groups is 4. The van der Waals surface area contributed by atoms with Crippen molar-refractivity contribution in [2.75, 3.05) is 0 Å². The Morgan fingerprint density at radius 3 is 0.680 bits per heavy atom. The van der Waals surface area contributed by atoms with Crippen LogP contribution in [0.15, 0.2) is 72.8 Å². The number of phenolic OH excluding ortho intramolecular Hbond substituents is 4. The summed E-state index contributed by atoms with van der Waals surface area (Å²) >= 11 is 0. The summed E-state index contributed by atoms with van der Waals surface area (Å²) in [5.74, 6) is -3.85. The van der Waals surface area contributed by atoms with Gasteiger partial charge in [-0.25, -0.2) is 0 Å². The summed E-state index contributed by atoms with van der Waals surface area (Å²) < 4.78 is 0. The number of hydrogen-bond donors (Lipinski definition) is 4. The van der Waals surface area contributed by atoms with E-state index in [1.165, 1.54) is 24.3 Å². The van der Waals surface area contributed by atoms with E-state index in [1.807, 2.05) is 27.7 Å². The SMILES string of the molecule is CCc1ccc(O)c(C(=O)[OH2+])c1.CCc1ccc(O)c(C(=O)[OH2+])c1.CCc1ccc(O)c(C(=O)[OH2+])c1.CCc1ccc(O)c(C(=O)[OH2+])c1.[Cu+2].[Cu+2]. The molecule has 14 heteroatoms. The topological polar surface area (TPSA) is 241 Å². The molecule has 0 atom stereocenters. The molecule has 0 amide bonds. The minimum Gasteiger partial charge on any atom is -0.561 e. The van der Waals surface area contributed by atoms with Crippen molar-refractivity contribution in [3.8, 4) is 23.0 Å². The molecule has 4 aromatic rings. The first kappa shape index (κ1) is 47.1. The van der Waals surface area contributed by atoms with Crippen molar-refractivity contribution in [2.24, 2.45) is 0 Å². The normalized spacial score (nSPS) is 9.36. The average Bonchev–Trinajstić information content (AvgIpc) is 3.06. The van der Waals surface area contributed by atoms with Crippen molar-refractivity contribution >= 4 is 23.9 Å². The quantitative estimate of drug-likeness (QED) is 0.152. The van der Waals surface area contributed by atoms with Crippen LogP contribution >= 0.6 is 0 Å². The molecule has 4 rings (SSSR count). The Morgan fingerprint density at radius 1 is 0.400 bits per heavy atom. The molecule has 0 saturated heterocycles. The third-order valence-electron chi connectivity index (χ3n) is 6.86. The standard InChI is InChI=1S/4C9H10O3.2Cu/c4*1-2-6-3-4-8(10)7(5-6)9(11)12;;/h4*3-5,10H,2H2,1H3,(H,11,12);;/q;;;;2*+2/p+4. The molecule has 12 N–H and O–H groups in total. The van der Waals surface area contributed by atoms with Gasteiger partial charge in [0, 0.05) is 19.2 Å². The van der Waals surface area contributed by atoms with Crippen molar-refractivity contribution in [1.29, 1.82) is 0 Å². The minimum absolute atomic E-state index is 0. The van der Waals surface area contributed by atoms with Gasteiger partial charge in [-0.15, -0.1) is 0 Å². The number of aromatic hydroxyl groups is 4. The van der Waals surface area contributed by atoms with Crippen LogP contribution in [0, 0.1) is 0 Å². The van der Waals surface area contributed by atoms with Gasteiger partial charge in [0.25, 0.3) is 0 Å². The largest absolute Gasteiger partial charge is 2.00 e. The molecule has 2 radical (unpaired) electrons. The van der Waals surface area contributed by atoms with E-state index in [4.69, 9.17) is 40.9 Å². The summed E-state index contributed by atoms with van der Waals surface area (Å²) in [6.45, 7) is 7.80. The Kier molecular flexibility index (Phi) is 22.0. The van der Waals surface area contributed by atoms with E-state index in [-0.39, 0.29) is 79.4 Å². The monoisotopic (exact) mass is 794 g/mol. The molecule has 0 bridgehead atoms. The molecule has 0 fully saturated rings. The second-order valence-corrected chi connectivity index (χ2v) is 10.1. The molecule has 0 unspecified atom stereocenters. The predicted octanol–water partition coefficient (Wildman–Crippen LogP) is 3.27. The summed E-state index contributed by atoms with van der Waals surface area (Å²) in [6, 6.07) is 18.9. The van der Waals surface area contributed by atoms with Gasteiger partial charge in [-0.05, 0) is 96.5 Å². The van der Waals surface area contributed by atoms with Crippen LogP contribution in [0.25, 0.3) is 0 Å². The van der Waals surface area contributed by atoms with Crippen LogP contribution < -0.4 is 0 Å². The van der Waals surface area contributed by atoms with Gasteiger partial charge in [0.2, 0.25) is 0 Å².